The number of nitrogens with zero attached hydrogens (tertiary/aromatic N) is 1. The second-order valence-electron chi connectivity index (χ2n) is 6.61. The minimum atomic E-state index is -0.907. The molecule has 1 N–H and O–H groups in total. The number of esters is 1. The Morgan fingerprint density at radius 3 is 2.43 bits per heavy atom. The van der Waals surface area contributed by atoms with Crippen molar-refractivity contribution in [3.05, 3.63) is 65.5 Å². The summed E-state index contributed by atoms with van der Waals surface area (Å²) in [4.78, 5) is 39.3. The zero-order chi connectivity index (χ0) is 20.7. The highest BCUT2D eigenvalue weighted by atomic mass is 16.5. The third-order valence-electron chi connectivity index (χ3n) is 4.59. The lowest BCUT2D eigenvalue weighted by molar-refractivity contribution is -0.140. The molecule has 1 aromatic rings. The van der Waals surface area contributed by atoms with E-state index < -0.39 is 11.9 Å². The molecule has 0 fully saturated rings. The minimum absolute atomic E-state index is 0.0450. The molecule has 6 nitrogen and oxygen atoms in total. The number of carbonyl (C=O) groups excluding carboxylic acids is 3. The molecular weight excluding hydrogens is 356 g/mol. The van der Waals surface area contributed by atoms with Gasteiger partial charge in [0.1, 0.15) is 5.92 Å². The summed E-state index contributed by atoms with van der Waals surface area (Å²) in [5.41, 5.74) is 2.87. The van der Waals surface area contributed by atoms with Crippen molar-refractivity contribution < 1.29 is 19.1 Å². The molecule has 0 saturated heterocycles. The van der Waals surface area contributed by atoms with Gasteiger partial charge in [-0.05, 0) is 44.1 Å². The zero-order valence-corrected chi connectivity index (χ0v) is 16.7. The van der Waals surface area contributed by atoms with Gasteiger partial charge in [0.2, 0.25) is 5.91 Å². The van der Waals surface area contributed by atoms with E-state index in [4.69, 9.17) is 4.74 Å². The zero-order valence-electron chi connectivity index (χ0n) is 16.7. The molecule has 0 bridgehead atoms. The van der Waals surface area contributed by atoms with E-state index in [9.17, 15) is 14.4 Å². The van der Waals surface area contributed by atoms with Gasteiger partial charge in [0.15, 0.2) is 5.78 Å². The summed E-state index contributed by atoms with van der Waals surface area (Å²) in [7, 11) is 1.31. The van der Waals surface area contributed by atoms with Crippen LogP contribution in [0.5, 0.6) is 0 Å². The van der Waals surface area contributed by atoms with Gasteiger partial charge in [-0.25, -0.2) is 0 Å². The Kier molecular flexibility index (Phi) is 7.32. The smallest absolute Gasteiger partial charge is 0.307 e. The molecule has 1 atom stereocenters. The molecule has 1 aliphatic rings. The number of ketones is 1. The molecule has 148 valence electrons. The Morgan fingerprint density at radius 2 is 1.79 bits per heavy atom. The maximum Gasteiger partial charge on any atom is 0.307 e. The lowest BCUT2D eigenvalue weighted by Gasteiger charge is -2.28. The fourth-order valence-corrected chi connectivity index (χ4v) is 3.06. The van der Waals surface area contributed by atoms with Gasteiger partial charge < -0.3 is 15.0 Å². The van der Waals surface area contributed by atoms with Crippen LogP contribution in [0.3, 0.4) is 0 Å². The van der Waals surface area contributed by atoms with Crippen LogP contribution in [0.2, 0.25) is 0 Å². The second kappa shape index (κ2) is 9.69. The first-order chi connectivity index (χ1) is 13.4. The van der Waals surface area contributed by atoms with Crippen molar-refractivity contribution in [1.82, 2.24) is 5.32 Å². The topological polar surface area (TPSA) is 75.7 Å². The van der Waals surface area contributed by atoms with Crippen LogP contribution in [0.15, 0.2) is 54.4 Å². The number of carbonyl (C=O) groups is 3. The fraction of sp³-hybridized carbons (Fsp3) is 0.318. The number of nitrogens with one attached hydrogen (secondary N) is 1. The summed E-state index contributed by atoms with van der Waals surface area (Å²) in [5.74, 6) is -1.98. The van der Waals surface area contributed by atoms with E-state index >= 15 is 0 Å². The molecule has 2 rings (SSSR count). The van der Waals surface area contributed by atoms with Crippen molar-refractivity contribution in [1.29, 1.82) is 0 Å². The van der Waals surface area contributed by atoms with Crippen molar-refractivity contribution in [2.75, 3.05) is 18.6 Å². The molecule has 1 amide bonds. The minimum Gasteiger partial charge on any atom is -0.469 e. The van der Waals surface area contributed by atoms with E-state index in [1.807, 2.05) is 32.0 Å². The number of methoxy groups -OCH3 is 1. The van der Waals surface area contributed by atoms with Gasteiger partial charge >= 0.3 is 5.97 Å². The number of Topliss-reactive ketones (excluding diaryl/α,β-unsaturated/α-hetero) is 1. The van der Waals surface area contributed by atoms with E-state index in [1.165, 1.54) is 12.0 Å². The first-order valence-corrected chi connectivity index (χ1v) is 9.15. The first-order valence-electron chi connectivity index (χ1n) is 9.15. The molecule has 0 aromatic heterocycles. The normalized spacial score (nSPS) is 13.8. The van der Waals surface area contributed by atoms with E-state index in [0.29, 0.717) is 5.70 Å². The summed E-state index contributed by atoms with van der Waals surface area (Å²) in [5, 5.41) is 2.90. The van der Waals surface area contributed by atoms with Crippen molar-refractivity contribution in [3.63, 3.8) is 0 Å². The van der Waals surface area contributed by atoms with Crippen LogP contribution in [-0.4, -0.2) is 31.3 Å². The summed E-state index contributed by atoms with van der Waals surface area (Å²) in [6, 6.07) is 5.71. The fourth-order valence-electron chi connectivity index (χ4n) is 3.06. The van der Waals surface area contributed by atoms with Gasteiger partial charge in [0.25, 0.3) is 0 Å². The van der Waals surface area contributed by atoms with E-state index in [2.05, 4.69) is 5.32 Å². The van der Waals surface area contributed by atoms with Crippen LogP contribution < -0.4 is 10.2 Å². The van der Waals surface area contributed by atoms with Crippen LogP contribution in [0.25, 0.3) is 0 Å². The molecular formula is C22H26N2O4. The molecule has 1 heterocycles. The van der Waals surface area contributed by atoms with Gasteiger partial charge in [-0.3, -0.25) is 14.4 Å². The molecule has 0 aliphatic carbocycles. The first kappa shape index (κ1) is 21.2. The van der Waals surface area contributed by atoms with Crippen LogP contribution in [-0.2, 0) is 19.1 Å². The molecule has 0 spiro atoms. The molecule has 1 aromatic carbocycles. The highest BCUT2D eigenvalue weighted by Gasteiger charge is 2.31. The summed E-state index contributed by atoms with van der Waals surface area (Å²) < 4.78 is 4.72. The third kappa shape index (κ3) is 4.97. The number of para-hydroxylation sites is 1. The standard InChI is InChI=1S/C22H26N2O4/c1-15-9-8-10-16(2)20(15)24(14-12-19(25)28-4)22(27)17(3)21(26)18-11-6-5-7-13-23-18/h5-11,13,17,23H,12,14H2,1-4H3. The predicted molar refractivity (Wildman–Crippen MR) is 109 cm³/mol. The Hall–Kier alpha value is -3.15. The lowest BCUT2D eigenvalue weighted by atomic mass is 9.99. The molecule has 1 unspecified atom stereocenters. The molecule has 28 heavy (non-hydrogen) atoms. The highest BCUT2D eigenvalue weighted by Crippen LogP contribution is 2.27. The molecule has 0 saturated carbocycles. The van der Waals surface area contributed by atoms with Gasteiger partial charge in [-0.15, -0.1) is 0 Å². The number of benzene rings is 1. The van der Waals surface area contributed by atoms with E-state index in [-0.39, 0.29) is 24.7 Å². The number of amides is 1. The quantitative estimate of drug-likeness (QED) is 0.580. The maximum absolute atomic E-state index is 13.3. The Balaban J connectivity index is 2.33. The number of anilines is 1. The monoisotopic (exact) mass is 382 g/mol. The summed E-state index contributed by atoms with van der Waals surface area (Å²) >= 11 is 0. The van der Waals surface area contributed by atoms with Crippen LogP contribution in [0.1, 0.15) is 24.5 Å². The average Bonchev–Trinajstić information content (AvgIpc) is 2.97. The largest absolute Gasteiger partial charge is 0.469 e. The van der Waals surface area contributed by atoms with E-state index in [0.717, 1.165) is 16.8 Å². The SMILES string of the molecule is COC(=O)CCN(C(=O)C(C)C(=O)C1=CC=CC=CN1)c1c(C)cccc1C. The van der Waals surface area contributed by atoms with E-state index in [1.54, 1.807) is 37.4 Å². The number of ether oxygens (including phenoxy) is 1. The van der Waals surface area contributed by atoms with Crippen molar-refractivity contribution in [2.45, 2.75) is 27.2 Å². The van der Waals surface area contributed by atoms with Crippen molar-refractivity contribution in [3.8, 4) is 0 Å². The van der Waals surface area contributed by atoms with Crippen LogP contribution >= 0.6 is 0 Å². The third-order valence-corrected chi connectivity index (χ3v) is 4.59. The number of hydrogen-bond donors (Lipinski definition) is 1. The van der Waals surface area contributed by atoms with Crippen LogP contribution in [0.4, 0.5) is 5.69 Å². The van der Waals surface area contributed by atoms with Gasteiger partial charge in [0.05, 0.1) is 19.2 Å². The molecule has 0 radical (unpaired) electrons. The Bertz CT molecular complexity index is 832. The second-order valence-corrected chi connectivity index (χ2v) is 6.61. The average molecular weight is 382 g/mol. The van der Waals surface area contributed by atoms with Gasteiger partial charge in [-0.1, -0.05) is 30.4 Å². The number of allylic oxidation sites excluding steroid dienone is 5. The number of rotatable bonds is 7. The summed E-state index contributed by atoms with van der Waals surface area (Å²) in [6.45, 7) is 5.53. The molecule has 6 heteroatoms. The number of aryl methyl sites for hydroxylation is 2. The van der Waals surface area contributed by atoms with Crippen molar-refractivity contribution in [2.24, 2.45) is 5.92 Å². The Labute approximate surface area is 165 Å². The van der Waals surface area contributed by atoms with Gasteiger partial charge in [0, 0.05) is 18.4 Å². The molecule has 1 aliphatic heterocycles. The number of hydrogen-bond acceptors (Lipinski definition) is 5. The van der Waals surface area contributed by atoms with Crippen LogP contribution in [0, 0.1) is 19.8 Å². The maximum atomic E-state index is 13.3. The van der Waals surface area contributed by atoms with Gasteiger partial charge in [-0.2, -0.15) is 0 Å². The van der Waals surface area contributed by atoms with Crippen molar-refractivity contribution >= 4 is 23.3 Å². The highest BCUT2D eigenvalue weighted by molar-refractivity contribution is 6.14. The lowest BCUT2D eigenvalue weighted by Crippen LogP contribution is -2.41. The Morgan fingerprint density at radius 1 is 1.11 bits per heavy atom. The predicted octanol–water partition coefficient (Wildman–Crippen LogP) is 2.96. The summed E-state index contributed by atoms with van der Waals surface area (Å²) in [6.07, 6.45) is 8.63.